The van der Waals surface area contributed by atoms with Crippen molar-refractivity contribution in [3.63, 3.8) is 0 Å². The van der Waals surface area contributed by atoms with E-state index < -0.39 is 23.9 Å². The Bertz CT molecular complexity index is 1520. The number of rotatable bonds is 6. The molecule has 10 nitrogen and oxygen atoms in total. The molecular formula is C29H33F3N8O2. The lowest BCUT2D eigenvalue weighted by Crippen LogP contribution is -2.45. The van der Waals surface area contributed by atoms with E-state index in [0.29, 0.717) is 41.6 Å². The molecule has 13 heteroatoms. The monoisotopic (exact) mass is 582 g/mol. The average Bonchev–Trinajstić information content (AvgIpc) is 2.96. The number of likely N-dealkylation sites (N-methyl/N-ethyl adjacent to an activating group) is 2. The van der Waals surface area contributed by atoms with Crippen molar-refractivity contribution in [3.05, 3.63) is 70.4 Å². The maximum atomic E-state index is 14.1. The van der Waals surface area contributed by atoms with E-state index in [1.807, 2.05) is 11.8 Å². The summed E-state index contributed by atoms with van der Waals surface area (Å²) in [6.45, 7) is 7.96. The number of aryl methyl sites for hydroxylation is 1. The third-order valence-electron chi connectivity index (χ3n) is 7.71. The summed E-state index contributed by atoms with van der Waals surface area (Å²) in [5.74, 6) is -0.271. The lowest BCUT2D eigenvalue weighted by atomic mass is 9.99. The zero-order chi connectivity index (χ0) is 30.2. The number of nitrogens with one attached hydrogen (secondary N) is 1. The second-order valence-electron chi connectivity index (χ2n) is 10.5. The number of carbonyl (C=O) groups excluding carboxylic acids is 1. The normalized spacial score (nSPS) is 18.0. The summed E-state index contributed by atoms with van der Waals surface area (Å²) in [6, 6.07) is 8.72. The number of carbonyl (C=O) groups is 1. The number of hydrogen-bond donors (Lipinski definition) is 3. The number of halogens is 3. The second-order valence-corrected chi connectivity index (χ2v) is 10.5. The van der Waals surface area contributed by atoms with E-state index in [1.54, 1.807) is 25.2 Å². The number of aromatic nitrogens is 2. The van der Waals surface area contributed by atoms with Gasteiger partial charge in [0.15, 0.2) is 12.0 Å². The van der Waals surface area contributed by atoms with Crippen LogP contribution in [0.1, 0.15) is 39.5 Å². The van der Waals surface area contributed by atoms with Crippen molar-refractivity contribution < 1.29 is 23.1 Å². The van der Waals surface area contributed by atoms with Crippen molar-refractivity contribution in [1.82, 2.24) is 19.8 Å². The van der Waals surface area contributed by atoms with Crippen LogP contribution in [-0.4, -0.2) is 82.5 Å². The molecule has 0 aliphatic carbocycles. The minimum atomic E-state index is -4.61. The Kier molecular flexibility index (Phi) is 8.17. The molecule has 4 N–H and O–H groups in total. The van der Waals surface area contributed by atoms with Gasteiger partial charge in [-0.05, 0) is 48.9 Å². The molecule has 3 aromatic rings. The molecule has 1 unspecified atom stereocenters. The number of aliphatic imine (C=N–C) groups is 1. The van der Waals surface area contributed by atoms with Crippen molar-refractivity contribution >= 4 is 34.8 Å². The molecule has 1 fully saturated rings. The van der Waals surface area contributed by atoms with Crippen LogP contribution in [0.2, 0.25) is 0 Å². The number of hydrogen-bond acceptors (Lipinski definition) is 9. The number of nitrogens with two attached hydrogens (primary N) is 1. The molecule has 0 saturated carbocycles. The highest BCUT2D eigenvalue weighted by Gasteiger charge is 2.35. The Balaban J connectivity index is 1.38. The topological polar surface area (TPSA) is 123 Å². The van der Waals surface area contributed by atoms with Crippen LogP contribution in [0.5, 0.6) is 0 Å². The fraction of sp³-hybridized carbons (Fsp3) is 0.379. The Morgan fingerprint density at radius 3 is 2.52 bits per heavy atom. The zero-order valence-electron chi connectivity index (χ0n) is 23.6. The quantitative estimate of drug-likeness (QED) is 0.403. The van der Waals surface area contributed by atoms with Crippen LogP contribution < -0.4 is 16.0 Å². The van der Waals surface area contributed by atoms with Gasteiger partial charge < -0.3 is 26.0 Å². The van der Waals surface area contributed by atoms with Crippen molar-refractivity contribution in [3.8, 4) is 0 Å². The summed E-state index contributed by atoms with van der Waals surface area (Å²) in [7, 11) is 1.64. The molecule has 1 amide bonds. The van der Waals surface area contributed by atoms with Gasteiger partial charge in [0, 0.05) is 56.6 Å². The molecule has 5 rings (SSSR count). The minimum absolute atomic E-state index is 0.0452. The molecule has 2 aromatic carbocycles. The number of aliphatic hydroxyl groups is 1. The highest BCUT2D eigenvalue weighted by Crippen LogP contribution is 2.35. The number of nitrogen functional groups attached to an aromatic ring is 1. The van der Waals surface area contributed by atoms with Crippen LogP contribution in [0, 0.1) is 6.92 Å². The highest BCUT2D eigenvalue weighted by molar-refractivity contribution is 6.11. The van der Waals surface area contributed by atoms with E-state index in [1.165, 1.54) is 23.2 Å². The fourth-order valence-corrected chi connectivity index (χ4v) is 5.21. The van der Waals surface area contributed by atoms with E-state index in [9.17, 15) is 23.1 Å². The van der Waals surface area contributed by atoms with Crippen LogP contribution in [0.3, 0.4) is 0 Å². The van der Waals surface area contributed by atoms with Crippen LogP contribution >= 0.6 is 0 Å². The Hall–Kier alpha value is -4.07. The van der Waals surface area contributed by atoms with Crippen LogP contribution in [0.4, 0.5) is 36.3 Å². The molecule has 222 valence electrons. The molecule has 2 aliphatic rings. The summed E-state index contributed by atoms with van der Waals surface area (Å²) in [4.78, 5) is 31.5. The molecule has 1 saturated heterocycles. The van der Waals surface area contributed by atoms with Gasteiger partial charge in [0.2, 0.25) is 5.95 Å². The van der Waals surface area contributed by atoms with E-state index in [0.717, 1.165) is 31.3 Å². The lowest BCUT2D eigenvalue weighted by molar-refractivity contribution is -0.138. The van der Waals surface area contributed by atoms with E-state index in [-0.39, 0.29) is 23.6 Å². The fourth-order valence-electron chi connectivity index (χ4n) is 5.21. The average molecular weight is 583 g/mol. The molecule has 0 spiro atoms. The highest BCUT2D eigenvalue weighted by atomic mass is 19.4. The summed E-state index contributed by atoms with van der Waals surface area (Å²) in [5, 5.41) is 13.7. The summed E-state index contributed by atoms with van der Waals surface area (Å²) >= 11 is 0. The number of amides is 1. The first-order chi connectivity index (χ1) is 19.9. The molecule has 42 heavy (non-hydrogen) atoms. The van der Waals surface area contributed by atoms with Crippen molar-refractivity contribution in [1.29, 1.82) is 0 Å². The van der Waals surface area contributed by atoms with E-state index in [4.69, 9.17) is 5.73 Å². The first kappa shape index (κ1) is 29.4. The number of nitrogens with zero attached hydrogens (tertiary/aromatic N) is 6. The third kappa shape index (κ3) is 6.08. The summed E-state index contributed by atoms with van der Waals surface area (Å²) < 4.78 is 42.2. The Morgan fingerprint density at radius 2 is 1.83 bits per heavy atom. The lowest BCUT2D eigenvalue weighted by Gasteiger charge is -2.34. The van der Waals surface area contributed by atoms with Gasteiger partial charge in [0.25, 0.3) is 5.91 Å². The van der Waals surface area contributed by atoms with Gasteiger partial charge in [-0.25, -0.2) is 9.98 Å². The number of anilines is 3. The Morgan fingerprint density at radius 1 is 1.12 bits per heavy atom. The summed E-state index contributed by atoms with van der Waals surface area (Å²) in [6.07, 6.45) is -4.32. The number of aliphatic hydroxyl groups excluding tert-OH is 1. The predicted octanol–water partition coefficient (Wildman–Crippen LogP) is 3.66. The minimum Gasteiger partial charge on any atom is -0.368 e. The molecule has 2 aliphatic heterocycles. The number of piperazine rings is 1. The predicted molar refractivity (Wildman–Crippen MR) is 155 cm³/mol. The van der Waals surface area contributed by atoms with Gasteiger partial charge >= 0.3 is 6.18 Å². The number of benzene rings is 2. The smallest absolute Gasteiger partial charge is 0.368 e. The van der Waals surface area contributed by atoms with Gasteiger partial charge in [-0.2, -0.15) is 18.2 Å². The number of alkyl halides is 3. The Labute approximate surface area is 241 Å². The molecule has 0 radical (unpaired) electrons. The van der Waals surface area contributed by atoms with Crippen molar-refractivity contribution in [2.24, 2.45) is 4.99 Å². The molecule has 1 aromatic heterocycles. The maximum absolute atomic E-state index is 14.1. The van der Waals surface area contributed by atoms with Gasteiger partial charge in [-0.3, -0.25) is 9.69 Å². The SMILES string of the molecule is CCN1CCN(Cc2ccc(C(=O)Nc3ccc(C)c(C4=Nc5cnc(N)nc5N(C)C4O)c3)cc2C(F)(F)F)CC1. The van der Waals surface area contributed by atoms with E-state index in [2.05, 4.69) is 32.1 Å². The van der Waals surface area contributed by atoms with Gasteiger partial charge in [-0.15, -0.1) is 0 Å². The van der Waals surface area contributed by atoms with Gasteiger partial charge in [0.1, 0.15) is 5.69 Å². The largest absolute Gasteiger partial charge is 0.416 e. The van der Waals surface area contributed by atoms with Crippen molar-refractivity contribution in [2.45, 2.75) is 32.8 Å². The first-order valence-corrected chi connectivity index (χ1v) is 13.6. The maximum Gasteiger partial charge on any atom is 0.416 e. The molecule has 0 bridgehead atoms. The third-order valence-corrected chi connectivity index (χ3v) is 7.71. The molecular weight excluding hydrogens is 549 g/mol. The zero-order valence-corrected chi connectivity index (χ0v) is 23.6. The van der Waals surface area contributed by atoms with Crippen LogP contribution in [0.25, 0.3) is 0 Å². The van der Waals surface area contributed by atoms with Crippen molar-refractivity contribution in [2.75, 3.05) is 55.7 Å². The van der Waals surface area contributed by atoms with Gasteiger partial charge in [-0.1, -0.05) is 19.1 Å². The first-order valence-electron chi connectivity index (χ1n) is 13.6. The van der Waals surface area contributed by atoms with Crippen LogP contribution in [-0.2, 0) is 12.7 Å². The number of fused-ring (bicyclic) bond motifs is 1. The standard InChI is InChI=1S/C29H33F3N8O2/c1-4-39-9-11-40(12-10-39)16-19-7-6-18(13-22(19)29(30,31)32)26(41)35-20-8-5-17(2)21(14-20)24-27(42)38(3)25-23(36-24)15-34-28(33)37-25/h5-8,13-15,27,42H,4,9-12,16H2,1-3H3,(H,35,41)(H2,33,34,37). The molecule has 3 heterocycles. The second kappa shape index (κ2) is 11.7. The van der Waals surface area contributed by atoms with Crippen LogP contribution in [0.15, 0.2) is 47.6 Å². The molecule has 1 atom stereocenters. The summed E-state index contributed by atoms with van der Waals surface area (Å²) in [5.41, 5.74) is 7.25. The van der Waals surface area contributed by atoms with E-state index >= 15 is 0 Å². The van der Waals surface area contributed by atoms with Gasteiger partial charge in [0.05, 0.1) is 17.5 Å².